The third kappa shape index (κ3) is 3.53. The number of halogens is 1. The van der Waals surface area contributed by atoms with Crippen molar-refractivity contribution in [3.05, 3.63) is 35.9 Å². The molecule has 0 aliphatic heterocycles. The summed E-state index contributed by atoms with van der Waals surface area (Å²) in [5.74, 6) is -0.288. The lowest BCUT2D eigenvalue weighted by Crippen LogP contribution is -2.37. The van der Waals surface area contributed by atoms with Crippen LogP contribution in [-0.4, -0.2) is 23.7 Å². The number of amides is 1. The molecule has 1 aromatic rings. The summed E-state index contributed by atoms with van der Waals surface area (Å²) in [7, 11) is 0. The average molecular weight is 228 g/mol. The van der Waals surface area contributed by atoms with Crippen molar-refractivity contribution in [1.82, 2.24) is 5.32 Å². The number of alkyl halides is 1. The van der Waals surface area contributed by atoms with E-state index in [1.54, 1.807) is 19.1 Å². The van der Waals surface area contributed by atoms with Gasteiger partial charge in [-0.1, -0.05) is 30.3 Å². The molecule has 0 aromatic heterocycles. The van der Waals surface area contributed by atoms with Gasteiger partial charge in [0, 0.05) is 6.04 Å². The van der Waals surface area contributed by atoms with Crippen molar-refractivity contribution < 1.29 is 9.90 Å². The van der Waals surface area contributed by atoms with E-state index >= 15 is 0 Å². The topological polar surface area (TPSA) is 49.3 Å². The lowest BCUT2D eigenvalue weighted by Gasteiger charge is -2.14. The third-order valence-electron chi connectivity index (χ3n) is 1.98. The molecule has 0 radical (unpaired) electrons. The second-order valence-corrected chi connectivity index (χ2v) is 3.80. The van der Waals surface area contributed by atoms with E-state index in [1.165, 1.54) is 0 Å². The van der Waals surface area contributed by atoms with E-state index in [9.17, 15) is 4.79 Å². The molecular formula is C11H14ClNO2. The average Bonchev–Trinajstić information content (AvgIpc) is 2.29. The van der Waals surface area contributed by atoms with Crippen molar-refractivity contribution in [1.29, 1.82) is 0 Å². The molecule has 4 heteroatoms. The van der Waals surface area contributed by atoms with Crippen LogP contribution >= 0.6 is 11.6 Å². The Bertz CT molecular complexity index is 316. The first-order valence-corrected chi connectivity index (χ1v) is 5.19. The van der Waals surface area contributed by atoms with Crippen LogP contribution in [0.5, 0.6) is 0 Å². The molecule has 1 amide bonds. The van der Waals surface area contributed by atoms with Gasteiger partial charge in [0.15, 0.2) is 0 Å². The van der Waals surface area contributed by atoms with Crippen LogP contribution in [0.4, 0.5) is 0 Å². The zero-order valence-corrected chi connectivity index (χ0v) is 9.24. The van der Waals surface area contributed by atoms with Crippen LogP contribution in [0.3, 0.4) is 0 Å². The molecule has 0 aliphatic carbocycles. The van der Waals surface area contributed by atoms with Crippen molar-refractivity contribution in [3.63, 3.8) is 0 Å². The summed E-state index contributed by atoms with van der Waals surface area (Å²) in [6.07, 6.45) is 0. The molecule has 0 saturated carbocycles. The van der Waals surface area contributed by atoms with Gasteiger partial charge < -0.3 is 10.4 Å². The van der Waals surface area contributed by atoms with Gasteiger partial charge in [-0.25, -0.2) is 0 Å². The maximum absolute atomic E-state index is 11.6. The SMILES string of the molecule is C[C@@H](CO)NC(=O)C(Cl)c1ccccc1. The van der Waals surface area contributed by atoms with E-state index in [-0.39, 0.29) is 18.6 Å². The number of benzene rings is 1. The quantitative estimate of drug-likeness (QED) is 0.766. The van der Waals surface area contributed by atoms with Gasteiger partial charge in [-0.15, -0.1) is 11.6 Å². The largest absolute Gasteiger partial charge is 0.394 e. The summed E-state index contributed by atoms with van der Waals surface area (Å²) in [6.45, 7) is 1.62. The van der Waals surface area contributed by atoms with Crippen LogP contribution < -0.4 is 5.32 Å². The summed E-state index contributed by atoms with van der Waals surface area (Å²) < 4.78 is 0. The monoisotopic (exact) mass is 227 g/mol. The Kier molecular flexibility index (Phi) is 4.59. The predicted octanol–water partition coefficient (Wildman–Crippen LogP) is 1.46. The molecule has 82 valence electrons. The van der Waals surface area contributed by atoms with Crippen molar-refractivity contribution in [3.8, 4) is 0 Å². The second kappa shape index (κ2) is 5.73. The summed E-state index contributed by atoms with van der Waals surface area (Å²) in [6, 6.07) is 8.83. The molecule has 0 fully saturated rings. The van der Waals surface area contributed by atoms with E-state index in [0.29, 0.717) is 0 Å². The van der Waals surface area contributed by atoms with Crippen molar-refractivity contribution in [2.45, 2.75) is 18.3 Å². The van der Waals surface area contributed by atoms with Crippen LogP contribution in [0.25, 0.3) is 0 Å². The molecule has 1 rings (SSSR count). The molecular weight excluding hydrogens is 214 g/mol. The molecule has 2 N–H and O–H groups in total. The summed E-state index contributed by atoms with van der Waals surface area (Å²) >= 11 is 5.96. The van der Waals surface area contributed by atoms with Crippen molar-refractivity contribution >= 4 is 17.5 Å². The Hall–Kier alpha value is -1.06. The fourth-order valence-corrected chi connectivity index (χ4v) is 1.34. The standard InChI is InChI=1S/C11H14ClNO2/c1-8(7-14)13-11(15)10(12)9-5-3-2-4-6-9/h2-6,8,10,14H,7H2,1H3,(H,13,15)/t8-,10?/m0/s1. The zero-order valence-electron chi connectivity index (χ0n) is 8.48. The first-order chi connectivity index (χ1) is 7.15. The van der Waals surface area contributed by atoms with E-state index < -0.39 is 5.38 Å². The Labute approximate surface area is 94.1 Å². The van der Waals surface area contributed by atoms with Gasteiger partial charge >= 0.3 is 0 Å². The predicted molar refractivity (Wildman–Crippen MR) is 59.7 cm³/mol. The number of carbonyl (C=O) groups excluding carboxylic acids is 1. The Morgan fingerprint density at radius 3 is 2.60 bits per heavy atom. The van der Waals surface area contributed by atoms with Crippen LogP contribution in [0.1, 0.15) is 17.9 Å². The molecule has 2 atom stereocenters. The van der Waals surface area contributed by atoms with Gasteiger partial charge in [0.25, 0.3) is 0 Å². The fourth-order valence-electron chi connectivity index (χ4n) is 1.14. The van der Waals surface area contributed by atoms with Crippen LogP contribution in [0, 0.1) is 0 Å². The minimum atomic E-state index is -0.708. The Balaban J connectivity index is 2.61. The van der Waals surface area contributed by atoms with E-state index in [4.69, 9.17) is 16.7 Å². The molecule has 0 saturated heterocycles. The van der Waals surface area contributed by atoms with Crippen molar-refractivity contribution in [2.75, 3.05) is 6.61 Å². The molecule has 0 bridgehead atoms. The first-order valence-electron chi connectivity index (χ1n) is 4.75. The van der Waals surface area contributed by atoms with E-state index in [1.807, 2.05) is 18.2 Å². The lowest BCUT2D eigenvalue weighted by molar-refractivity contribution is -0.121. The van der Waals surface area contributed by atoms with Gasteiger partial charge in [-0.3, -0.25) is 4.79 Å². The summed E-state index contributed by atoms with van der Waals surface area (Å²) in [5, 5.41) is 10.7. The van der Waals surface area contributed by atoms with Crippen LogP contribution in [0.15, 0.2) is 30.3 Å². The minimum absolute atomic E-state index is 0.0931. The second-order valence-electron chi connectivity index (χ2n) is 3.37. The zero-order chi connectivity index (χ0) is 11.3. The first kappa shape index (κ1) is 12.0. The Morgan fingerprint density at radius 1 is 1.47 bits per heavy atom. The van der Waals surface area contributed by atoms with Gasteiger partial charge in [-0.2, -0.15) is 0 Å². The highest BCUT2D eigenvalue weighted by atomic mass is 35.5. The summed E-state index contributed by atoms with van der Waals surface area (Å²) in [4.78, 5) is 11.6. The third-order valence-corrected chi connectivity index (χ3v) is 2.44. The molecule has 1 aromatic carbocycles. The molecule has 0 spiro atoms. The normalized spacial score (nSPS) is 14.3. The minimum Gasteiger partial charge on any atom is -0.394 e. The van der Waals surface area contributed by atoms with E-state index in [0.717, 1.165) is 5.56 Å². The smallest absolute Gasteiger partial charge is 0.242 e. The molecule has 3 nitrogen and oxygen atoms in total. The van der Waals surface area contributed by atoms with Gasteiger partial charge in [0.05, 0.1) is 6.61 Å². The number of hydrogen-bond acceptors (Lipinski definition) is 2. The van der Waals surface area contributed by atoms with E-state index in [2.05, 4.69) is 5.32 Å². The molecule has 0 aliphatic rings. The maximum Gasteiger partial charge on any atom is 0.242 e. The van der Waals surface area contributed by atoms with Crippen LogP contribution in [-0.2, 0) is 4.79 Å². The molecule has 15 heavy (non-hydrogen) atoms. The summed E-state index contributed by atoms with van der Waals surface area (Å²) in [5.41, 5.74) is 0.752. The Morgan fingerprint density at radius 2 is 2.07 bits per heavy atom. The number of nitrogens with one attached hydrogen (secondary N) is 1. The highest BCUT2D eigenvalue weighted by molar-refractivity contribution is 6.30. The number of aliphatic hydroxyl groups excluding tert-OH is 1. The van der Waals surface area contributed by atoms with Crippen LogP contribution in [0.2, 0.25) is 0 Å². The molecule has 0 heterocycles. The number of hydrogen-bond donors (Lipinski definition) is 2. The number of aliphatic hydroxyl groups is 1. The highest BCUT2D eigenvalue weighted by Gasteiger charge is 2.18. The highest BCUT2D eigenvalue weighted by Crippen LogP contribution is 2.19. The van der Waals surface area contributed by atoms with Crippen molar-refractivity contribution in [2.24, 2.45) is 0 Å². The fraction of sp³-hybridized carbons (Fsp3) is 0.364. The molecule has 1 unspecified atom stereocenters. The van der Waals surface area contributed by atoms with Gasteiger partial charge in [0.2, 0.25) is 5.91 Å². The lowest BCUT2D eigenvalue weighted by atomic mass is 10.1. The maximum atomic E-state index is 11.6. The number of rotatable bonds is 4. The van der Waals surface area contributed by atoms with Gasteiger partial charge in [0.1, 0.15) is 5.38 Å². The van der Waals surface area contributed by atoms with Gasteiger partial charge in [-0.05, 0) is 12.5 Å². The number of carbonyl (C=O) groups is 1.